The molecule has 1 aromatic rings. The van der Waals surface area contributed by atoms with E-state index in [0.717, 1.165) is 0 Å². The van der Waals surface area contributed by atoms with Gasteiger partial charge in [0.15, 0.2) is 0 Å². The van der Waals surface area contributed by atoms with Crippen LogP contribution in [0.3, 0.4) is 0 Å². The maximum atomic E-state index is 10.3. The van der Waals surface area contributed by atoms with Crippen LogP contribution < -0.4 is 17.1 Å². The van der Waals surface area contributed by atoms with E-state index in [2.05, 4.69) is 4.98 Å². The lowest BCUT2D eigenvalue weighted by Crippen LogP contribution is -2.26. The Morgan fingerprint density at radius 3 is 2.62 bits per heavy atom. The van der Waals surface area contributed by atoms with Gasteiger partial charge in [-0.15, -0.1) is 4.73 Å². The largest absolute Gasteiger partial charge is 0.423 e. The summed E-state index contributed by atoms with van der Waals surface area (Å²) in [6.07, 6.45) is 0. The van der Waals surface area contributed by atoms with Gasteiger partial charge in [-0.2, -0.15) is 4.98 Å². The van der Waals surface area contributed by atoms with E-state index < -0.39 is 27.9 Å². The highest BCUT2D eigenvalue weighted by Crippen LogP contribution is 2.23. The maximum Gasteiger partial charge on any atom is 0.354 e. The Balaban J connectivity index is 3.63. The molecule has 0 bridgehead atoms. The van der Waals surface area contributed by atoms with Gasteiger partial charge in [-0.25, -0.2) is 0 Å². The van der Waals surface area contributed by atoms with Gasteiger partial charge in [0.2, 0.25) is 11.6 Å². The Labute approximate surface area is 70.8 Å². The lowest BCUT2D eigenvalue weighted by atomic mass is 10.4. The normalized spacial score (nSPS) is 9.85. The van der Waals surface area contributed by atoms with Gasteiger partial charge < -0.3 is 16.7 Å². The predicted octanol–water partition coefficient (Wildman–Crippen LogP) is -1.33. The van der Waals surface area contributed by atoms with Gasteiger partial charge in [-0.05, 0) is 0 Å². The predicted molar refractivity (Wildman–Crippen MR) is 40.7 cm³/mol. The Morgan fingerprint density at radius 1 is 1.62 bits per heavy atom. The molecule has 1 rings (SSSR count). The summed E-state index contributed by atoms with van der Waals surface area (Å²) in [6, 6.07) is 0. The summed E-state index contributed by atoms with van der Waals surface area (Å²) in [5.41, 5.74) is 8.86. The van der Waals surface area contributed by atoms with Crippen molar-refractivity contribution in [2.75, 3.05) is 11.5 Å². The molecule has 1 heterocycles. The summed E-state index contributed by atoms with van der Waals surface area (Å²) in [7, 11) is 0. The van der Waals surface area contributed by atoms with E-state index in [1.807, 2.05) is 0 Å². The minimum Gasteiger partial charge on any atom is -0.423 e. The molecule has 0 fully saturated rings. The quantitative estimate of drug-likeness (QED) is 0.241. The van der Waals surface area contributed by atoms with Crippen LogP contribution in [0.1, 0.15) is 0 Å². The molecule has 70 valence electrons. The van der Waals surface area contributed by atoms with Gasteiger partial charge in [0, 0.05) is 0 Å². The molecule has 0 unspecified atom stereocenters. The molecule has 0 atom stereocenters. The summed E-state index contributed by atoms with van der Waals surface area (Å²) in [4.78, 5) is 12.6. The first-order valence-corrected chi connectivity index (χ1v) is 3.01. The van der Waals surface area contributed by atoms with Gasteiger partial charge in [0.25, 0.3) is 5.62 Å². The number of aromatic nitrogens is 2. The van der Waals surface area contributed by atoms with Crippen LogP contribution >= 0.6 is 0 Å². The molecule has 0 saturated heterocycles. The van der Waals surface area contributed by atoms with E-state index in [1.54, 1.807) is 0 Å². The smallest absolute Gasteiger partial charge is 0.354 e. The highest BCUT2D eigenvalue weighted by Gasteiger charge is 2.21. The number of hydrogen-bond donors (Lipinski definition) is 4. The molecule has 0 aromatic carbocycles. The number of rotatable bonds is 1. The fourth-order valence-corrected chi connectivity index (χ4v) is 0.747. The Bertz CT molecular complexity index is 423. The average Bonchev–Trinajstić information content (AvgIpc) is 1.99. The lowest BCUT2D eigenvalue weighted by Gasteiger charge is -2.03. The third-order valence-electron chi connectivity index (χ3n) is 1.32. The van der Waals surface area contributed by atoms with Crippen LogP contribution in [0.2, 0.25) is 0 Å². The van der Waals surface area contributed by atoms with Crippen molar-refractivity contribution >= 4 is 17.3 Å². The number of hydrogen-bond acceptors (Lipinski definition) is 7. The van der Waals surface area contributed by atoms with Crippen LogP contribution in [0.15, 0.2) is 0 Å². The standard InChI is InChI=1S/C4H6N6O3/c5-2-1(10(12)13)3(6)9(11)4(7)8-2/h11H,6H2,(H3,5,7,8). The Morgan fingerprint density at radius 2 is 2.15 bits per heavy atom. The molecule has 9 nitrogen and oxygen atoms in total. The summed E-state index contributed by atoms with van der Waals surface area (Å²) in [5, 5.41) is 26.2. The molecular weight excluding hydrogens is 180 g/mol. The monoisotopic (exact) mass is 186 g/mol. The zero-order valence-electron chi connectivity index (χ0n) is 6.26. The van der Waals surface area contributed by atoms with Gasteiger partial charge in [-0.3, -0.25) is 15.5 Å². The van der Waals surface area contributed by atoms with Crippen LogP contribution in [0.25, 0.3) is 0 Å². The molecule has 0 spiro atoms. The van der Waals surface area contributed by atoms with Crippen LogP contribution in [0.4, 0.5) is 17.3 Å². The third-order valence-corrected chi connectivity index (χ3v) is 1.32. The molecular formula is C4H6N6O3. The van der Waals surface area contributed by atoms with Crippen molar-refractivity contribution in [1.82, 2.24) is 9.71 Å². The van der Waals surface area contributed by atoms with Crippen molar-refractivity contribution in [1.29, 1.82) is 5.41 Å². The van der Waals surface area contributed by atoms with Crippen LogP contribution in [0.5, 0.6) is 0 Å². The molecule has 0 amide bonds. The zero-order valence-corrected chi connectivity index (χ0v) is 6.26. The van der Waals surface area contributed by atoms with Crippen molar-refractivity contribution < 1.29 is 10.1 Å². The second-order valence-corrected chi connectivity index (χ2v) is 2.12. The molecule has 9 heteroatoms. The summed E-state index contributed by atoms with van der Waals surface area (Å²) < 4.78 is 0.0779. The van der Waals surface area contributed by atoms with Gasteiger partial charge in [-0.1, -0.05) is 0 Å². The van der Waals surface area contributed by atoms with E-state index in [1.165, 1.54) is 0 Å². The minimum atomic E-state index is -0.885. The number of nitro groups is 1. The van der Waals surface area contributed by atoms with E-state index >= 15 is 0 Å². The third kappa shape index (κ3) is 1.21. The maximum absolute atomic E-state index is 10.3. The van der Waals surface area contributed by atoms with Gasteiger partial charge >= 0.3 is 5.69 Å². The topological polar surface area (TPSA) is 157 Å². The fourth-order valence-electron chi connectivity index (χ4n) is 0.747. The van der Waals surface area contributed by atoms with E-state index in [-0.39, 0.29) is 4.73 Å². The first-order chi connectivity index (χ1) is 5.95. The summed E-state index contributed by atoms with van der Waals surface area (Å²) >= 11 is 0. The zero-order chi connectivity index (χ0) is 10.2. The highest BCUT2D eigenvalue weighted by atomic mass is 16.6. The second kappa shape index (κ2) is 2.62. The number of nitrogens with zero attached hydrogens (tertiary/aromatic N) is 3. The summed E-state index contributed by atoms with van der Waals surface area (Å²) in [5.74, 6) is -1.12. The fraction of sp³-hybridized carbons (Fsp3) is 0. The van der Waals surface area contributed by atoms with E-state index in [9.17, 15) is 10.1 Å². The molecule has 0 aliphatic rings. The Kier molecular flexibility index (Phi) is 1.77. The molecule has 0 saturated carbocycles. The van der Waals surface area contributed by atoms with Gasteiger partial charge in [0.1, 0.15) is 0 Å². The SMILES string of the molecule is N=c1nc(N)c([N+](=O)[O-])c(N)n1O. The average molecular weight is 186 g/mol. The lowest BCUT2D eigenvalue weighted by molar-refractivity contribution is -0.383. The molecule has 1 aromatic heterocycles. The molecule has 6 N–H and O–H groups in total. The molecule has 13 heavy (non-hydrogen) atoms. The van der Waals surface area contributed by atoms with Crippen molar-refractivity contribution in [3.63, 3.8) is 0 Å². The highest BCUT2D eigenvalue weighted by molar-refractivity contribution is 5.65. The number of nitrogen functional groups attached to an aromatic ring is 2. The number of nitrogens with two attached hydrogens (primary N) is 2. The van der Waals surface area contributed by atoms with Crippen LogP contribution in [-0.2, 0) is 0 Å². The Hall–Kier alpha value is -2.32. The van der Waals surface area contributed by atoms with E-state index in [4.69, 9.17) is 22.1 Å². The van der Waals surface area contributed by atoms with Crippen molar-refractivity contribution in [3.05, 3.63) is 15.7 Å². The first-order valence-electron chi connectivity index (χ1n) is 3.01. The van der Waals surface area contributed by atoms with E-state index in [0.29, 0.717) is 0 Å². The van der Waals surface area contributed by atoms with Crippen molar-refractivity contribution in [2.24, 2.45) is 0 Å². The summed E-state index contributed by atoms with van der Waals surface area (Å²) in [6.45, 7) is 0. The molecule has 0 aliphatic carbocycles. The second-order valence-electron chi connectivity index (χ2n) is 2.12. The van der Waals surface area contributed by atoms with Gasteiger partial charge in [0.05, 0.1) is 4.92 Å². The number of nitrogens with one attached hydrogen (secondary N) is 1. The number of anilines is 2. The molecule has 0 aliphatic heterocycles. The van der Waals surface area contributed by atoms with Crippen LogP contribution in [0, 0.1) is 15.5 Å². The van der Waals surface area contributed by atoms with Crippen molar-refractivity contribution in [3.8, 4) is 0 Å². The van der Waals surface area contributed by atoms with Crippen molar-refractivity contribution in [2.45, 2.75) is 0 Å². The first kappa shape index (κ1) is 8.77. The minimum absolute atomic E-state index is 0.0779. The van der Waals surface area contributed by atoms with Crippen LogP contribution in [-0.4, -0.2) is 19.8 Å². The molecule has 0 radical (unpaired) electrons.